The van der Waals surface area contributed by atoms with Crippen molar-refractivity contribution in [3.8, 4) is 45.3 Å². The Hall–Kier alpha value is -5.29. The van der Waals surface area contributed by atoms with Crippen molar-refractivity contribution in [2.75, 3.05) is 0 Å². The van der Waals surface area contributed by atoms with Crippen LogP contribution in [0.25, 0.3) is 65.3 Å². The van der Waals surface area contributed by atoms with Crippen molar-refractivity contribution in [3.63, 3.8) is 0 Å². The average Bonchev–Trinajstić information content (AvgIpc) is 3.06. The predicted molar refractivity (Wildman–Crippen MR) is 172 cm³/mol. The molecule has 0 aliphatic rings. The van der Waals surface area contributed by atoms with Gasteiger partial charge in [-0.15, -0.1) is 23.0 Å². The van der Waals surface area contributed by atoms with E-state index in [1.165, 1.54) is 0 Å². The van der Waals surface area contributed by atoms with E-state index in [-0.39, 0.29) is 44.7 Å². The molecule has 0 unspecified atom stereocenters. The Labute approximate surface area is 275 Å². The van der Waals surface area contributed by atoms with E-state index >= 15 is 0 Å². The number of hydrogen-bond donors (Lipinski definition) is 0. The Balaban J connectivity index is 0.000000155. The zero-order chi connectivity index (χ0) is 30.2. The van der Waals surface area contributed by atoms with E-state index in [1.807, 2.05) is 97.1 Å². The van der Waals surface area contributed by atoms with Gasteiger partial charge in [0, 0.05) is 0 Å². The van der Waals surface area contributed by atoms with Crippen molar-refractivity contribution < 1.29 is 42.1 Å². The normalized spacial score (nSPS) is 10.8. The molecule has 0 saturated carbocycles. The number of rotatable bonds is 2. The Morgan fingerprint density at radius 3 is 0.667 bits per heavy atom. The third-order valence-corrected chi connectivity index (χ3v) is 8.06. The summed E-state index contributed by atoms with van der Waals surface area (Å²) < 4.78 is 0. The van der Waals surface area contributed by atoms with Gasteiger partial charge in [-0.25, -0.2) is 0 Å². The minimum absolute atomic E-state index is 0. The van der Waals surface area contributed by atoms with E-state index in [2.05, 4.69) is 0 Å². The fraction of sp³-hybridized carbons (Fsp3) is 0. The van der Waals surface area contributed by atoms with Crippen molar-refractivity contribution >= 4 is 43.1 Å². The van der Waals surface area contributed by atoms with Crippen molar-refractivity contribution in [2.45, 2.75) is 0 Å². The molecule has 8 aromatic rings. The van der Waals surface area contributed by atoms with Gasteiger partial charge in [-0.2, -0.15) is 0 Å². The fourth-order valence-electron chi connectivity index (χ4n) is 6.04. The van der Waals surface area contributed by atoms with Crippen LogP contribution in [0, 0.1) is 0 Å². The molecule has 0 fully saturated rings. The molecule has 0 bridgehead atoms. The summed E-state index contributed by atoms with van der Waals surface area (Å²) in [6.07, 6.45) is 0. The second-order valence-corrected chi connectivity index (χ2v) is 10.6. The van der Waals surface area contributed by atoms with E-state index in [0.29, 0.717) is 22.3 Å². The van der Waals surface area contributed by atoms with Crippen LogP contribution in [0.4, 0.5) is 0 Å². The molecule has 0 aromatic heterocycles. The van der Waals surface area contributed by atoms with E-state index in [1.54, 1.807) is 48.5 Å². The maximum absolute atomic E-state index is 12.5. The van der Waals surface area contributed by atoms with Gasteiger partial charge in [-0.3, -0.25) is 0 Å². The standard InChI is InChI=1S/2C20H14O2.Ti/c2*21-17-11-9-13-5-1-3-7-15(13)19(17)20-16-8-4-2-6-14(16)10-12-18(20)22;/h2*1-12,21-22H;/q;;+4/p-4. The third-order valence-electron chi connectivity index (χ3n) is 8.06. The first-order valence-corrected chi connectivity index (χ1v) is 14.3. The molecular formula is C40H24O4Ti. The Morgan fingerprint density at radius 2 is 0.444 bits per heavy atom. The molecule has 0 amide bonds. The van der Waals surface area contributed by atoms with Crippen LogP contribution >= 0.6 is 0 Å². The molecule has 4 nitrogen and oxygen atoms in total. The van der Waals surface area contributed by atoms with Crippen LogP contribution in [0.5, 0.6) is 23.0 Å². The fourth-order valence-corrected chi connectivity index (χ4v) is 6.04. The first kappa shape index (κ1) is 29.8. The topological polar surface area (TPSA) is 92.2 Å². The predicted octanol–water partition coefficient (Wildman–Crippen LogP) is 7.61. The SMILES string of the molecule is [O-]c1ccc2ccccc2c1-c1c([O-])ccc2ccccc12.[O-]c1ccc2ccccc2c1-c1c([O-])ccc2ccccc12.[Ti+4]. The molecule has 0 heterocycles. The quantitative estimate of drug-likeness (QED) is 0.187. The largest absolute Gasteiger partial charge is 4.00 e. The first-order chi connectivity index (χ1) is 21.5. The van der Waals surface area contributed by atoms with E-state index in [0.717, 1.165) is 43.1 Å². The summed E-state index contributed by atoms with van der Waals surface area (Å²) in [6.45, 7) is 0. The van der Waals surface area contributed by atoms with Crippen molar-refractivity contribution in [1.29, 1.82) is 0 Å². The van der Waals surface area contributed by atoms with Crippen LogP contribution < -0.4 is 20.4 Å². The summed E-state index contributed by atoms with van der Waals surface area (Å²) in [7, 11) is 0. The molecule has 0 atom stereocenters. The van der Waals surface area contributed by atoms with E-state index < -0.39 is 0 Å². The summed E-state index contributed by atoms with van der Waals surface area (Å²) in [5.41, 5.74) is 2.00. The van der Waals surface area contributed by atoms with Gasteiger partial charge in [0.2, 0.25) is 0 Å². The monoisotopic (exact) mass is 616 g/mol. The van der Waals surface area contributed by atoms with Crippen LogP contribution in [-0.4, -0.2) is 0 Å². The zero-order valence-electron chi connectivity index (χ0n) is 24.0. The minimum Gasteiger partial charge on any atom is -0.872 e. The number of benzene rings is 8. The summed E-state index contributed by atoms with van der Waals surface area (Å²) >= 11 is 0. The van der Waals surface area contributed by atoms with Gasteiger partial charge in [0.05, 0.1) is 0 Å². The summed E-state index contributed by atoms with van der Waals surface area (Å²) in [4.78, 5) is 0. The minimum atomic E-state index is -0.118. The van der Waals surface area contributed by atoms with Gasteiger partial charge in [0.1, 0.15) is 0 Å². The van der Waals surface area contributed by atoms with Gasteiger partial charge in [-0.1, -0.05) is 146 Å². The molecule has 0 spiro atoms. The van der Waals surface area contributed by atoms with Crippen LogP contribution in [0.3, 0.4) is 0 Å². The third kappa shape index (κ3) is 5.36. The molecule has 212 valence electrons. The molecule has 8 rings (SSSR count). The number of hydrogen-bond acceptors (Lipinski definition) is 4. The maximum Gasteiger partial charge on any atom is 4.00 e. The van der Waals surface area contributed by atoms with E-state index in [4.69, 9.17) is 0 Å². The molecule has 0 N–H and O–H groups in total. The summed E-state index contributed by atoms with van der Waals surface area (Å²) in [6, 6.07) is 44.0. The maximum atomic E-state index is 12.5. The second-order valence-electron chi connectivity index (χ2n) is 10.6. The van der Waals surface area contributed by atoms with E-state index in [9.17, 15) is 20.4 Å². The van der Waals surface area contributed by atoms with Crippen LogP contribution in [-0.2, 0) is 21.7 Å². The Kier molecular flexibility index (Phi) is 8.19. The number of fused-ring (bicyclic) bond motifs is 4. The molecule has 0 saturated heterocycles. The molecule has 0 aliphatic carbocycles. The van der Waals surface area contributed by atoms with Gasteiger partial charge in [0.25, 0.3) is 0 Å². The van der Waals surface area contributed by atoms with Crippen LogP contribution in [0.2, 0.25) is 0 Å². The zero-order valence-corrected chi connectivity index (χ0v) is 25.6. The van der Waals surface area contributed by atoms with Crippen molar-refractivity contribution in [1.82, 2.24) is 0 Å². The Bertz CT molecular complexity index is 2010. The van der Waals surface area contributed by atoms with Gasteiger partial charge in [-0.05, 0) is 65.3 Å². The first-order valence-electron chi connectivity index (χ1n) is 14.3. The molecule has 45 heavy (non-hydrogen) atoms. The van der Waals surface area contributed by atoms with Gasteiger partial charge >= 0.3 is 21.7 Å². The van der Waals surface area contributed by atoms with Crippen molar-refractivity contribution in [3.05, 3.63) is 146 Å². The smallest absolute Gasteiger partial charge is 0.872 e. The van der Waals surface area contributed by atoms with Gasteiger partial charge < -0.3 is 20.4 Å². The molecule has 8 aromatic carbocycles. The molecule has 5 heteroatoms. The molecular weight excluding hydrogens is 592 g/mol. The molecule has 0 aliphatic heterocycles. The summed E-state index contributed by atoms with van der Waals surface area (Å²) in [5, 5.41) is 57.1. The van der Waals surface area contributed by atoms with Crippen molar-refractivity contribution in [2.24, 2.45) is 0 Å². The Morgan fingerprint density at radius 1 is 0.244 bits per heavy atom. The van der Waals surface area contributed by atoms with Crippen LogP contribution in [0.1, 0.15) is 0 Å². The van der Waals surface area contributed by atoms with Gasteiger partial charge in [0.15, 0.2) is 0 Å². The molecule has 0 radical (unpaired) electrons. The summed E-state index contributed by atoms with van der Waals surface area (Å²) in [5.74, 6) is -0.474. The average molecular weight is 616 g/mol. The second kappa shape index (κ2) is 12.4. The van der Waals surface area contributed by atoms with Crippen LogP contribution in [0.15, 0.2) is 146 Å².